The van der Waals surface area contributed by atoms with E-state index in [0.29, 0.717) is 17.7 Å². The maximum atomic E-state index is 13.2. The van der Waals surface area contributed by atoms with E-state index in [1.807, 2.05) is 6.26 Å². The van der Waals surface area contributed by atoms with Crippen molar-refractivity contribution in [3.63, 3.8) is 0 Å². The molecule has 0 aliphatic heterocycles. The van der Waals surface area contributed by atoms with Gasteiger partial charge in [0, 0.05) is 12.8 Å². The van der Waals surface area contributed by atoms with Crippen LogP contribution in [0, 0.1) is 0 Å². The van der Waals surface area contributed by atoms with E-state index in [1.54, 1.807) is 0 Å². The molecule has 0 aromatic heterocycles. The highest BCUT2D eigenvalue weighted by Crippen LogP contribution is 2.12. The first-order valence-electron chi connectivity index (χ1n) is 11.4. The number of nitrogens with two attached hydrogens (primary N) is 1. The van der Waals surface area contributed by atoms with E-state index < -0.39 is 66.4 Å². The number of amides is 3. The van der Waals surface area contributed by atoms with Gasteiger partial charge in [-0.3, -0.25) is 19.2 Å². The smallest absolute Gasteiger partial charge is 0.328 e. The molecule has 206 valence electrons. The Bertz CT molecular complexity index is 943. The van der Waals surface area contributed by atoms with Gasteiger partial charge in [-0.15, -0.1) is 0 Å². The third-order valence-corrected chi connectivity index (χ3v) is 5.95. The third kappa shape index (κ3) is 11.5. The minimum Gasteiger partial charge on any atom is -0.508 e. The van der Waals surface area contributed by atoms with Gasteiger partial charge < -0.3 is 42.1 Å². The molecule has 14 heteroatoms. The molecule has 9 N–H and O–H groups in total. The summed E-state index contributed by atoms with van der Waals surface area (Å²) in [5.41, 5.74) is 6.47. The fourth-order valence-corrected chi connectivity index (χ4v) is 3.67. The molecule has 37 heavy (non-hydrogen) atoms. The number of carbonyl (C=O) groups is 5. The Morgan fingerprint density at radius 3 is 2.00 bits per heavy atom. The maximum Gasteiger partial charge on any atom is 0.328 e. The zero-order chi connectivity index (χ0) is 28.1. The van der Waals surface area contributed by atoms with E-state index in [1.165, 1.54) is 36.0 Å². The number of carboxylic acid groups (broad SMARTS) is 2. The van der Waals surface area contributed by atoms with E-state index in [0.717, 1.165) is 6.92 Å². The van der Waals surface area contributed by atoms with Crippen molar-refractivity contribution in [2.75, 3.05) is 12.0 Å². The van der Waals surface area contributed by atoms with Crippen LogP contribution in [0.2, 0.25) is 0 Å². The van der Waals surface area contributed by atoms with Crippen LogP contribution in [0.25, 0.3) is 0 Å². The van der Waals surface area contributed by atoms with E-state index >= 15 is 0 Å². The second-order valence-electron chi connectivity index (χ2n) is 8.38. The van der Waals surface area contributed by atoms with Crippen LogP contribution >= 0.6 is 11.8 Å². The van der Waals surface area contributed by atoms with Crippen LogP contribution < -0.4 is 21.7 Å². The normalized spacial score (nSPS) is 14.9. The fraction of sp³-hybridized carbons (Fsp3) is 0.522. The SMILES string of the molecule is CSCCC(N)C(=O)NC(Cc1ccc(O)cc1)C(=O)NC(CCC(=O)O)C(=O)NC(C(=O)O)C(C)O. The Morgan fingerprint density at radius 1 is 0.919 bits per heavy atom. The number of carboxylic acids is 2. The molecule has 0 aliphatic carbocycles. The molecule has 0 bridgehead atoms. The summed E-state index contributed by atoms with van der Waals surface area (Å²) < 4.78 is 0. The Kier molecular flexibility index (Phi) is 13.4. The van der Waals surface area contributed by atoms with Gasteiger partial charge in [0.15, 0.2) is 6.04 Å². The van der Waals surface area contributed by atoms with E-state index in [9.17, 15) is 39.3 Å². The lowest BCUT2D eigenvalue weighted by atomic mass is 10.0. The molecule has 0 saturated heterocycles. The summed E-state index contributed by atoms with van der Waals surface area (Å²) in [4.78, 5) is 61.0. The number of phenolic OH excluding ortho intramolecular Hbond substituents is 1. The second kappa shape index (κ2) is 15.7. The molecule has 13 nitrogen and oxygen atoms in total. The summed E-state index contributed by atoms with van der Waals surface area (Å²) in [6.45, 7) is 1.15. The van der Waals surface area contributed by atoms with Crippen molar-refractivity contribution in [2.24, 2.45) is 5.73 Å². The molecule has 3 amide bonds. The summed E-state index contributed by atoms with van der Waals surface area (Å²) in [5, 5.41) is 44.4. The average Bonchev–Trinajstić information content (AvgIpc) is 2.83. The van der Waals surface area contributed by atoms with Crippen LogP contribution in [0.5, 0.6) is 5.75 Å². The highest BCUT2D eigenvalue weighted by Gasteiger charge is 2.32. The minimum absolute atomic E-state index is 0.00984. The number of benzene rings is 1. The molecule has 1 aromatic carbocycles. The van der Waals surface area contributed by atoms with Gasteiger partial charge in [0.1, 0.15) is 17.8 Å². The van der Waals surface area contributed by atoms with Crippen molar-refractivity contribution in [3.05, 3.63) is 29.8 Å². The fourth-order valence-electron chi connectivity index (χ4n) is 3.18. The third-order valence-electron chi connectivity index (χ3n) is 5.30. The molecular weight excluding hydrogens is 508 g/mol. The van der Waals surface area contributed by atoms with E-state index in [4.69, 9.17) is 10.8 Å². The summed E-state index contributed by atoms with van der Waals surface area (Å²) >= 11 is 1.49. The van der Waals surface area contributed by atoms with Crippen molar-refractivity contribution < 1.29 is 44.4 Å². The summed E-state index contributed by atoms with van der Waals surface area (Å²) in [7, 11) is 0. The van der Waals surface area contributed by atoms with Gasteiger partial charge >= 0.3 is 11.9 Å². The van der Waals surface area contributed by atoms with Crippen molar-refractivity contribution in [1.82, 2.24) is 16.0 Å². The van der Waals surface area contributed by atoms with Crippen LogP contribution in [-0.2, 0) is 30.4 Å². The van der Waals surface area contributed by atoms with Gasteiger partial charge in [-0.05, 0) is 49.5 Å². The number of nitrogens with one attached hydrogen (secondary N) is 3. The van der Waals surface area contributed by atoms with Crippen molar-refractivity contribution in [3.8, 4) is 5.75 Å². The van der Waals surface area contributed by atoms with Gasteiger partial charge in [0.05, 0.1) is 12.1 Å². The highest BCUT2D eigenvalue weighted by atomic mass is 32.2. The molecule has 0 radical (unpaired) electrons. The lowest BCUT2D eigenvalue weighted by Crippen LogP contribution is -2.58. The van der Waals surface area contributed by atoms with Gasteiger partial charge in [-0.2, -0.15) is 11.8 Å². The quantitative estimate of drug-likeness (QED) is 0.124. The number of aromatic hydroxyl groups is 1. The largest absolute Gasteiger partial charge is 0.508 e. The molecule has 0 spiro atoms. The van der Waals surface area contributed by atoms with Crippen molar-refractivity contribution >= 4 is 41.4 Å². The summed E-state index contributed by atoms with van der Waals surface area (Å²) in [6, 6.07) is 0.532. The molecule has 0 fully saturated rings. The number of thioether (sulfide) groups is 1. The van der Waals surface area contributed by atoms with Crippen LogP contribution in [-0.4, -0.2) is 92.4 Å². The molecular formula is C23H34N4O9S. The van der Waals surface area contributed by atoms with Gasteiger partial charge in [0.25, 0.3) is 0 Å². The van der Waals surface area contributed by atoms with E-state index in [-0.39, 0.29) is 18.6 Å². The average molecular weight is 543 g/mol. The number of aliphatic hydroxyl groups excluding tert-OH is 1. The summed E-state index contributed by atoms with van der Waals surface area (Å²) in [6.07, 6.45) is -0.237. The molecule has 0 aliphatic rings. The van der Waals surface area contributed by atoms with Crippen LogP contribution in [0.1, 0.15) is 31.7 Å². The Labute approximate surface area is 218 Å². The zero-order valence-corrected chi connectivity index (χ0v) is 21.4. The number of aliphatic hydroxyl groups is 1. The van der Waals surface area contributed by atoms with Crippen LogP contribution in [0.3, 0.4) is 0 Å². The molecule has 1 aromatic rings. The van der Waals surface area contributed by atoms with E-state index in [2.05, 4.69) is 16.0 Å². The maximum absolute atomic E-state index is 13.2. The standard InChI is InChI=1S/C23H34N4O9S/c1-12(28)19(23(35)36)27-21(33)16(7-8-18(30)31)25-22(34)17(11-13-3-5-14(29)6-4-13)26-20(32)15(24)9-10-37-2/h3-6,12,15-17,19,28-29H,7-11,24H2,1-2H3,(H,25,34)(H,26,32)(H,27,33)(H,30,31)(H,35,36). The number of hydrogen-bond donors (Lipinski definition) is 8. The van der Waals surface area contributed by atoms with Crippen LogP contribution in [0.15, 0.2) is 24.3 Å². The number of aliphatic carboxylic acids is 2. The Morgan fingerprint density at radius 2 is 1.49 bits per heavy atom. The molecule has 1 rings (SSSR count). The van der Waals surface area contributed by atoms with Crippen LogP contribution in [0.4, 0.5) is 0 Å². The highest BCUT2D eigenvalue weighted by molar-refractivity contribution is 7.98. The molecule has 0 saturated carbocycles. The minimum atomic E-state index is -1.70. The van der Waals surface area contributed by atoms with Gasteiger partial charge in [0.2, 0.25) is 17.7 Å². The first kappa shape index (κ1) is 31.7. The number of phenols is 1. The monoisotopic (exact) mass is 542 g/mol. The zero-order valence-electron chi connectivity index (χ0n) is 20.5. The Hall–Kier alpha value is -3.36. The van der Waals surface area contributed by atoms with Crippen molar-refractivity contribution in [1.29, 1.82) is 0 Å². The van der Waals surface area contributed by atoms with Gasteiger partial charge in [-0.1, -0.05) is 12.1 Å². The number of carbonyl (C=O) groups excluding carboxylic acids is 3. The lowest BCUT2D eigenvalue weighted by molar-refractivity contribution is -0.145. The number of hydrogen-bond acceptors (Lipinski definition) is 9. The van der Waals surface area contributed by atoms with Gasteiger partial charge in [-0.25, -0.2) is 4.79 Å². The molecule has 0 heterocycles. The topological polar surface area (TPSA) is 228 Å². The summed E-state index contributed by atoms with van der Waals surface area (Å²) in [5.74, 6) is -4.66. The first-order valence-corrected chi connectivity index (χ1v) is 12.8. The first-order chi connectivity index (χ1) is 17.3. The second-order valence-corrected chi connectivity index (χ2v) is 9.36. The number of rotatable bonds is 16. The predicted octanol–water partition coefficient (Wildman–Crippen LogP) is -1.20. The Balaban J connectivity index is 3.15. The predicted molar refractivity (Wildman–Crippen MR) is 135 cm³/mol. The lowest BCUT2D eigenvalue weighted by Gasteiger charge is -2.25. The molecule has 5 unspecified atom stereocenters. The van der Waals surface area contributed by atoms with Crippen molar-refractivity contribution in [2.45, 2.75) is 62.9 Å². The molecule has 5 atom stereocenters.